The molecule has 3 rings (SSSR count). The summed E-state index contributed by atoms with van der Waals surface area (Å²) in [6.07, 6.45) is 3.23. The maximum atomic E-state index is 12.6. The summed E-state index contributed by atoms with van der Waals surface area (Å²) in [7, 11) is 0. The molecule has 1 aromatic carbocycles. The maximum Gasteiger partial charge on any atom is 0.305 e. The molecular formula is C17H19NO4. The minimum atomic E-state index is -0.886. The molecule has 22 heavy (non-hydrogen) atoms. The van der Waals surface area contributed by atoms with Gasteiger partial charge < -0.3 is 14.8 Å². The van der Waals surface area contributed by atoms with Crippen molar-refractivity contribution in [1.82, 2.24) is 5.32 Å². The van der Waals surface area contributed by atoms with Crippen molar-refractivity contribution in [2.75, 3.05) is 0 Å². The van der Waals surface area contributed by atoms with Crippen LogP contribution in [0.1, 0.15) is 48.2 Å². The van der Waals surface area contributed by atoms with Crippen molar-refractivity contribution in [2.24, 2.45) is 0 Å². The lowest BCUT2D eigenvalue weighted by molar-refractivity contribution is -0.138. The molecule has 5 heteroatoms. The summed E-state index contributed by atoms with van der Waals surface area (Å²) in [5.41, 5.74) is 0.814. The molecule has 0 aliphatic heterocycles. The molecule has 1 aromatic heterocycles. The number of benzene rings is 1. The van der Waals surface area contributed by atoms with Crippen LogP contribution in [0.4, 0.5) is 0 Å². The second-order valence-corrected chi connectivity index (χ2v) is 6.06. The van der Waals surface area contributed by atoms with E-state index in [2.05, 4.69) is 5.32 Å². The van der Waals surface area contributed by atoms with Crippen LogP contribution in [0, 0.1) is 6.92 Å². The number of aliphatic carboxylic acids is 1. The number of aryl methyl sites for hydroxylation is 1. The number of rotatable bonds is 4. The minimum Gasteiger partial charge on any atom is -0.481 e. The molecule has 0 unspecified atom stereocenters. The van der Waals surface area contributed by atoms with Gasteiger partial charge in [0, 0.05) is 10.9 Å². The lowest BCUT2D eigenvalue weighted by Gasteiger charge is -2.28. The number of carboxylic acid groups (broad SMARTS) is 1. The second kappa shape index (κ2) is 5.48. The van der Waals surface area contributed by atoms with E-state index in [0.717, 1.165) is 23.8 Å². The zero-order chi connectivity index (χ0) is 15.7. The molecule has 2 aromatic rings. The van der Waals surface area contributed by atoms with Gasteiger partial charge in [0.25, 0.3) is 5.91 Å². The first kappa shape index (κ1) is 14.6. The molecule has 1 saturated carbocycles. The quantitative estimate of drug-likeness (QED) is 0.908. The van der Waals surface area contributed by atoms with Crippen molar-refractivity contribution in [3.63, 3.8) is 0 Å². The molecule has 0 saturated heterocycles. The summed E-state index contributed by atoms with van der Waals surface area (Å²) in [6, 6.07) is 7.49. The number of hydrogen-bond acceptors (Lipinski definition) is 3. The van der Waals surface area contributed by atoms with Crippen molar-refractivity contribution in [3.8, 4) is 0 Å². The van der Waals surface area contributed by atoms with Crippen molar-refractivity contribution in [3.05, 3.63) is 35.6 Å². The van der Waals surface area contributed by atoms with Crippen LogP contribution < -0.4 is 5.32 Å². The molecule has 116 valence electrons. The van der Waals surface area contributed by atoms with Gasteiger partial charge in [-0.1, -0.05) is 31.0 Å². The number of carbonyl (C=O) groups excluding carboxylic acids is 1. The zero-order valence-electron chi connectivity index (χ0n) is 12.5. The smallest absolute Gasteiger partial charge is 0.305 e. The third-order valence-corrected chi connectivity index (χ3v) is 4.48. The molecule has 0 bridgehead atoms. The molecule has 2 N–H and O–H groups in total. The third-order valence-electron chi connectivity index (χ3n) is 4.48. The highest BCUT2D eigenvalue weighted by atomic mass is 16.4. The highest BCUT2D eigenvalue weighted by molar-refractivity contribution is 5.99. The fourth-order valence-corrected chi connectivity index (χ4v) is 3.38. The third kappa shape index (κ3) is 2.58. The highest BCUT2D eigenvalue weighted by Crippen LogP contribution is 2.34. The number of nitrogens with one attached hydrogen (secondary N) is 1. The van der Waals surface area contributed by atoms with Gasteiger partial charge in [0.2, 0.25) is 0 Å². The van der Waals surface area contributed by atoms with E-state index >= 15 is 0 Å². The van der Waals surface area contributed by atoms with Crippen LogP contribution in [0.25, 0.3) is 11.0 Å². The van der Waals surface area contributed by atoms with Crippen LogP contribution in [-0.4, -0.2) is 22.5 Å². The first-order chi connectivity index (χ1) is 10.5. The Kier molecular flexibility index (Phi) is 3.64. The number of carboxylic acids is 1. The van der Waals surface area contributed by atoms with Crippen LogP contribution in [0.2, 0.25) is 0 Å². The average Bonchev–Trinajstić information content (AvgIpc) is 3.04. The summed E-state index contributed by atoms with van der Waals surface area (Å²) >= 11 is 0. The number of amides is 1. The number of para-hydroxylation sites is 1. The molecule has 1 amide bonds. The van der Waals surface area contributed by atoms with E-state index in [1.807, 2.05) is 31.2 Å². The summed E-state index contributed by atoms with van der Waals surface area (Å²) in [5.74, 6) is -0.932. The molecule has 0 radical (unpaired) electrons. The van der Waals surface area contributed by atoms with Gasteiger partial charge in [-0.05, 0) is 25.8 Å². The fourth-order valence-electron chi connectivity index (χ4n) is 3.38. The summed E-state index contributed by atoms with van der Waals surface area (Å²) in [4.78, 5) is 23.7. The monoisotopic (exact) mass is 301 g/mol. The van der Waals surface area contributed by atoms with E-state index in [1.54, 1.807) is 0 Å². The van der Waals surface area contributed by atoms with E-state index in [-0.39, 0.29) is 18.1 Å². The van der Waals surface area contributed by atoms with E-state index in [4.69, 9.17) is 9.52 Å². The molecule has 0 atom stereocenters. The largest absolute Gasteiger partial charge is 0.481 e. The summed E-state index contributed by atoms with van der Waals surface area (Å²) in [5, 5.41) is 13.0. The van der Waals surface area contributed by atoms with Gasteiger partial charge in [-0.25, -0.2) is 0 Å². The van der Waals surface area contributed by atoms with Crippen LogP contribution in [0.5, 0.6) is 0 Å². The molecule has 1 heterocycles. The van der Waals surface area contributed by atoms with Gasteiger partial charge >= 0.3 is 5.97 Å². The minimum absolute atomic E-state index is 0.0436. The Balaban J connectivity index is 1.89. The maximum absolute atomic E-state index is 12.6. The lowest BCUT2D eigenvalue weighted by Crippen LogP contribution is -2.47. The number of hydrogen-bond donors (Lipinski definition) is 2. The second-order valence-electron chi connectivity index (χ2n) is 6.06. The Bertz CT molecular complexity index is 725. The highest BCUT2D eigenvalue weighted by Gasteiger charge is 2.38. The lowest BCUT2D eigenvalue weighted by atomic mass is 9.93. The van der Waals surface area contributed by atoms with E-state index in [1.165, 1.54) is 0 Å². The Hall–Kier alpha value is -2.30. The van der Waals surface area contributed by atoms with Gasteiger partial charge in [-0.3, -0.25) is 9.59 Å². The van der Waals surface area contributed by atoms with Crippen LogP contribution >= 0.6 is 0 Å². The fraction of sp³-hybridized carbons (Fsp3) is 0.412. The van der Waals surface area contributed by atoms with Gasteiger partial charge in [0.15, 0.2) is 5.76 Å². The Morgan fingerprint density at radius 3 is 2.59 bits per heavy atom. The summed E-state index contributed by atoms with van der Waals surface area (Å²) < 4.78 is 5.66. The predicted octanol–water partition coefficient (Wildman–Crippen LogP) is 3.26. The number of furan rings is 1. The van der Waals surface area contributed by atoms with E-state index < -0.39 is 11.5 Å². The van der Waals surface area contributed by atoms with Gasteiger partial charge in [0.1, 0.15) is 5.58 Å². The van der Waals surface area contributed by atoms with Crippen molar-refractivity contribution in [2.45, 2.75) is 44.6 Å². The first-order valence-electron chi connectivity index (χ1n) is 7.53. The molecule has 1 aliphatic rings. The number of fused-ring (bicyclic) bond motifs is 1. The predicted molar refractivity (Wildman–Crippen MR) is 81.9 cm³/mol. The van der Waals surface area contributed by atoms with Gasteiger partial charge in [-0.15, -0.1) is 0 Å². The SMILES string of the molecule is Cc1c(C(=O)NC2(CC(=O)O)CCCC2)oc2ccccc12. The Morgan fingerprint density at radius 1 is 1.27 bits per heavy atom. The van der Waals surface area contributed by atoms with Crippen LogP contribution in [0.3, 0.4) is 0 Å². The molecule has 5 nitrogen and oxygen atoms in total. The Morgan fingerprint density at radius 2 is 1.95 bits per heavy atom. The first-order valence-corrected chi connectivity index (χ1v) is 7.53. The van der Waals surface area contributed by atoms with Crippen molar-refractivity contribution >= 4 is 22.8 Å². The van der Waals surface area contributed by atoms with Crippen molar-refractivity contribution in [1.29, 1.82) is 0 Å². The normalized spacial score (nSPS) is 16.8. The van der Waals surface area contributed by atoms with Crippen LogP contribution in [-0.2, 0) is 4.79 Å². The van der Waals surface area contributed by atoms with Gasteiger partial charge in [0.05, 0.1) is 12.0 Å². The molecule has 1 fully saturated rings. The number of carbonyl (C=O) groups is 2. The van der Waals surface area contributed by atoms with Crippen molar-refractivity contribution < 1.29 is 19.1 Å². The average molecular weight is 301 g/mol. The Labute approximate surface area is 128 Å². The molecular weight excluding hydrogens is 282 g/mol. The summed E-state index contributed by atoms with van der Waals surface area (Å²) in [6.45, 7) is 1.85. The molecule has 1 aliphatic carbocycles. The molecule has 0 spiro atoms. The standard InChI is InChI=1S/C17H19NO4/c1-11-12-6-2-3-7-13(12)22-15(11)16(21)18-17(10-14(19)20)8-4-5-9-17/h2-3,6-7H,4-5,8-10H2,1H3,(H,18,21)(H,19,20). The van der Waals surface area contributed by atoms with Gasteiger partial charge in [-0.2, -0.15) is 0 Å². The topological polar surface area (TPSA) is 79.5 Å². The zero-order valence-corrected chi connectivity index (χ0v) is 12.5. The van der Waals surface area contributed by atoms with Crippen LogP contribution in [0.15, 0.2) is 28.7 Å². The van der Waals surface area contributed by atoms with E-state index in [9.17, 15) is 9.59 Å². The van der Waals surface area contributed by atoms with E-state index in [0.29, 0.717) is 18.4 Å².